The maximum Gasteiger partial charge on any atom is 0.390 e. The zero-order valence-corrected chi connectivity index (χ0v) is 7.79. The smallest absolute Gasteiger partial charge is 0.330 e. The van der Waals surface area contributed by atoms with Gasteiger partial charge in [0.25, 0.3) is 0 Å². The topological polar surface area (TPSA) is 60.2 Å². The van der Waals surface area contributed by atoms with Crippen LogP contribution < -0.4 is 5.73 Å². The van der Waals surface area contributed by atoms with Gasteiger partial charge in [-0.1, -0.05) is 0 Å². The summed E-state index contributed by atoms with van der Waals surface area (Å²) in [6.45, 7) is 0.172. The largest absolute Gasteiger partial charge is 0.390 e. The van der Waals surface area contributed by atoms with Crippen LogP contribution in [0.5, 0.6) is 0 Å². The lowest BCUT2D eigenvalue weighted by Gasteiger charge is -2.06. The van der Waals surface area contributed by atoms with Gasteiger partial charge in [0.2, 0.25) is 0 Å². The Morgan fingerprint density at radius 2 is 1.69 bits per heavy atom. The lowest BCUT2D eigenvalue weighted by Crippen LogP contribution is -2.19. The third-order valence-electron chi connectivity index (χ3n) is 1.36. The molecule has 0 aromatic carbocycles. The van der Waals surface area contributed by atoms with Gasteiger partial charge in [0.1, 0.15) is 0 Å². The fraction of sp³-hybridized carbons (Fsp3) is 1.00. The fourth-order valence-corrected chi connectivity index (χ4v) is 2.03. The van der Waals surface area contributed by atoms with Crippen molar-refractivity contribution in [3.05, 3.63) is 0 Å². The maximum absolute atomic E-state index is 11.6. The van der Waals surface area contributed by atoms with Crippen LogP contribution in [-0.2, 0) is 9.84 Å². The van der Waals surface area contributed by atoms with Crippen molar-refractivity contribution in [1.29, 1.82) is 0 Å². The highest BCUT2D eigenvalue weighted by atomic mass is 32.2. The van der Waals surface area contributed by atoms with Crippen molar-refractivity contribution in [3.8, 4) is 0 Å². The molecule has 0 fully saturated rings. The van der Waals surface area contributed by atoms with Crippen LogP contribution in [0, 0.1) is 0 Å². The first-order chi connectivity index (χ1) is 5.77. The first-order valence-corrected chi connectivity index (χ1v) is 5.56. The van der Waals surface area contributed by atoms with E-state index in [1.165, 1.54) is 0 Å². The van der Waals surface area contributed by atoms with E-state index in [-0.39, 0.29) is 18.7 Å². The average molecular weight is 219 g/mol. The van der Waals surface area contributed by atoms with E-state index in [4.69, 9.17) is 5.73 Å². The quantitative estimate of drug-likeness (QED) is 0.740. The van der Waals surface area contributed by atoms with Crippen LogP contribution in [0.4, 0.5) is 13.2 Å². The van der Waals surface area contributed by atoms with Gasteiger partial charge in [-0.3, -0.25) is 0 Å². The number of hydrogen-bond acceptors (Lipinski definition) is 3. The second kappa shape index (κ2) is 4.80. The van der Waals surface area contributed by atoms with Gasteiger partial charge < -0.3 is 5.73 Å². The van der Waals surface area contributed by atoms with Crippen molar-refractivity contribution >= 4 is 9.84 Å². The Hall–Kier alpha value is -0.300. The van der Waals surface area contributed by atoms with E-state index in [0.29, 0.717) is 0 Å². The Kier molecular flexibility index (Phi) is 4.69. The Bertz CT molecular complexity index is 235. The summed E-state index contributed by atoms with van der Waals surface area (Å²) >= 11 is 0. The summed E-state index contributed by atoms with van der Waals surface area (Å²) in [4.78, 5) is 0. The average Bonchev–Trinajstić information content (AvgIpc) is 1.97. The molecule has 0 atom stereocenters. The van der Waals surface area contributed by atoms with E-state index in [0.717, 1.165) is 0 Å². The highest BCUT2D eigenvalue weighted by molar-refractivity contribution is 7.91. The first kappa shape index (κ1) is 12.7. The van der Waals surface area contributed by atoms with Crippen LogP contribution in [0.3, 0.4) is 0 Å². The Morgan fingerprint density at radius 3 is 2.08 bits per heavy atom. The molecular weight excluding hydrogens is 207 g/mol. The summed E-state index contributed by atoms with van der Waals surface area (Å²) in [5, 5.41) is 0. The molecule has 0 saturated carbocycles. The summed E-state index contributed by atoms with van der Waals surface area (Å²) in [6.07, 6.45) is -5.48. The molecule has 0 aliphatic rings. The molecule has 7 heteroatoms. The van der Waals surface area contributed by atoms with Crippen molar-refractivity contribution in [2.45, 2.75) is 19.0 Å². The Labute approximate surface area is 75.0 Å². The lowest BCUT2D eigenvalue weighted by molar-refractivity contribution is -0.129. The van der Waals surface area contributed by atoms with Crippen LogP contribution >= 0.6 is 0 Å². The number of nitrogens with two attached hydrogens (primary N) is 1. The Morgan fingerprint density at radius 1 is 1.15 bits per heavy atom. The molecule has 0 saturated heterocycles. The van der Waals surface area contributed by atoms with E-state index < -0.39 is 28.2 Å². The van der Waals surface area contributed by atoms with Gasteiger partial charge in [-0.05, 0) is 13.0 Å². The number of sulfone groups is 1. The van der Waals surface area contributed by atoms with Gasteiger partial charge in [-0.15, -0.1) is 0 Å². The zero-order chi connectivity index (χ0) is 10.5. The third kappa shape index (κ3) is 8.04. The molecule has 2 N–H and O–H groups in total. The molecule has 0 aromatic heterocycles. The normalized spacial score (nSPS) is 13.2. The van der Waals surface area contributed by atoms with Crippen LogP contribution in [0.25, 0.3) is 0 Å². The zero-order valence-electron chi connectivity index (χ0n) is 6.97. The van der Waals surface area contributed by atoms with Crippen LogP contribution in [0.1, 0.15) is 12.8 Å². The molecule has 0 aliphatic carbocycles. The minimum Gasteiger partial charge on any atom is -0.330 e. The first-order valence-electron chi connectivity index (χ1n) is 3.74. The highest BCUT2D eigenvalue weighted by Crippen LogP contribution is 2.20. The van der Waals surface area contributed by atoms with Gasteiger partial charge in [-0.25, -0.2) is 8.42 Å². The Balaban J connectivity index is 3.91. The van der Waals surface area contributed by atoms with Crippen LogP contribution in [0.15, 0.2) is 0 Å². The molecule has 0 unspecified atom stereocenters. The number of alkyl halides is 3. The summed E-state index contributed by atoms with van der Waals surface area (Å²) in [7, 11) is -3.58. The molecule has 0 aromatic rings. The summed E-state index contributed by atoms with van der Waals surface area (Å²) in [6, 6.07) is 0. The molecule has 3 nitrogen and oxygen atoms in total. The van der Waals surface area contributed by atoms with E-state index >= 15 is 0 Å². The van der Waals surface area contributed by atoms with Gasteiger partial charge in [0, 0.05) is 0 Å². The highest BCUT2D eigenvalue weighted by Gasteiger charge is 2.29. The van der Waals surface area contributed by atoms with Gasteiger partial charge >= 0.3 is 6.18 Å². The molecule has 0 bridgehead atoms. The monoisotopic (exact) mass is 219 g/mol. The second-order valence-corrected chi connectivity index (χ2v) is 4.96. The summed E-state index contributed by atoms with van der Waals surface area (Å²) in [5.41, 5.74) is 5.03. The number of rotatable bonds is 5. The predicted molar refractivity (Wildman–Crippen MR) is 43.0 cm³/mol. The van der Waals surface area contributed by atoms with Crippen molar-refractivity contribution < 1.29 is 21.6 Å². The SMILES string of the molecule is NCCCS(=O)(=O)CCC(F)(F)F. The van der Waals surface area contributed by atoms with Crippen LogP contribution in [-0.4, -0.2) is 32.6 Å². The molecule has 13 heavy (non-hydrogen) atoms. The second-order valence-electron chi connectivity index (χ2n) is 2.66. The van der Waals surface area contributed by atoms with E-state index in [1.54, 1.807) is 0 Å². The lowest BCUT2D eigenvalue weighted by atomic mass is 10.5. The molecule has 0 radical (unpaired) electrons. The minimum atomic E-state index is -4.41. The van der Waals surface area contributed by atoms with E-state index in [1.807, 2.05) is 0 Å². The molecule has 0 rings (SSSR count). The molecule has 0 aliphatic heterocycles. The number of halogens is 3. The van der Waals surface area contributed by atoms with Crippen molar-refractivity contribution in [1.82, 2.24) is 0 Å². The molecule has 0 spiro atoms. The van der Waals surface area contributed by atoms with Crippen molar-refractivity contribution in [2.24, 2.45) is 5.73 Å². The summed E-state index contributed by atoms with van der Waals surface area (Å²) < 4.78 is 56.6. The molecule has 0 heterocycles. The van der Waals surface area contributed by atoms with E-state index in [9.17, 15) is 21.6 Å². The van der Waals surface area contributed by atoms with Crippen molar-refractivity contribution in [3.63, 3.8) is 0 Å². The van der Waals surface area contributed by atoms with Gasteiger partial charge in [0.15, 0.2) is 9.84 Å². The minimum absolute atomic E-state index is 0.172. The van der Waals surface area contributed by atoms with Crippen LogP contribution in [0.2, 0.25) is 0 Å². The number of hydrogen-bond donors (Lipinski definition) is 1. The van der Waals surface area contributed by atoms with E-state index in [2.05, 4.69) is 0 Å². The fourth-order valence-electron chi connectivity index (χ4n) is 0.677. The van der Waals surface area contributed by atoms with Gasteiger partial charge in [-0.2, -0.15) is 13.2 Å². The standard InChI is InChI=1S/C6H12F3NO2S/c7-6(8,9)2-5-13(11,12)4-1-3-10/h1-5,10H2. The predicted octanol–water partition coefficient (Wildman–Crippen LogP) is 0.702. The third-order valence-corrected chi connectivity index (χ3v) is 3.09. The summed E-state index contributed by atoms with van der Waals surface area (Å²) in [5.74, 6) is -1.10. The maximum atomic E-state index is 11.6. The van der Waals surface area contributed by atoms with Gasteiger partial charge in [0.05, 0.1) is 17.9 Å². The molecule has 80 valence electrons. The molecular formula is C6H12F3NO2S. The van der Waals surface area contributed by atoms with Crippen molar-refractivity contribution in [2.75, 3.05) is 18.1 Å². The molecule has 0 amide bonds.